The molecule has 4 atom stereocenters. The van der Waals surface area contributed by atoms with Crippen LogP contribution in [0.2, 0.25) is 0 Å². The molecule has 0 unspecified atom stereocenters. The highest BCUT2D eigenvalue weighted by atomic mass is 16.4. The lowest BCUT2D eigenvalue weighted by Crippen LogP contribution is -2.73. The number of amides is 1. The molecule has 1 amide bonds. The summed E-state index contributed by atoms with van der Waals surface area (Å²) in [6.45, 7) is 3.00. The van der Waals surface area contributed by atoms with E-state index in [0.29, 0.717) is 31.2 Å². The van der Waals surface area contributed by atoms with Crippen LogP contribution in [0.15, 0.2) is 12.1 Å². The molecule has 3 fully saturated rings. The number of aliphatic hydroxyl groups excluding tert-OH is 1. The third-order valence-corrected chi connectivity index (χ3v) is 7.90. The lowest BCUT2D eigenvalue weighted by Gasteiger charge is -2.63. The number of aromatic hydroxyl groups is 1. The molecular weight excluding hydrogens is 472 g/mol. The van der Waals surface area contributed by atoms with E-state index in [0.717, 1.165) is 24.6 Å². The molecule has 1 heterocycles. The Hall–Kier alpha value is -3.11. The van der Waals surface area contributed by atoms with Crippen molar-refractivity contribution < 1.29 is 44.4 Å². The predicted octanol–water partition coefficient (Wildman–Crippen LogP) is 0.122. The number of phenols is 1. The zero-order valence-electron chi connectivity index (χ0n) is 20.1. The number of primary amides is 1. The number of carbonyl (C=O) groups is 3. The maximum atomic E-state index is 12.5. The number of likely N-dealkylation sites (tertiary alicyclic amines) is 1. The van der Waals surface area contributed by atoms with Crippen LogP contribution in [0.25, 0.3) is 0 Å². The Morgan fingerprint density at radius 2 is 1.86 bits per heavy atom. The largest absolute Gasteiger partial charge is 0.507 e. The van der Waals surface area contributed by atoms with Gasteiger partial charge in [-0.3, -0.25) is 14.5 Å². The minimum atomic E-state index is -1.23. The second-order valence-corrected chi connectivity index (χ2v) is 10.1. The van der Waals surface area contributed by atoms with Crippen LogP contribution in [0, 0.1) is 5.92 Å². The molecular formula is C25H32N2O9. The maximum absolute atomic E-state index is 12.5. The van der Waals surface area contributed by atoms with Crippen molar-refractivity contribution in [3.63, 3.8) is 0 Å². The van der Waals surface area contributed by atoms with Crippen molar-refractivity contribution in [1.29, 1.82) is 0 Å². The van der Waals surface area contributed by atoms with Gasteiger partial charge in [0.1, 0.15) is 17.6 Å². The van der Waals surface area contributed by atoms with Crippen LogP contribution in [-0.4, -0.2) is 80.0 Å². The molecule has 5 rings (SSSR count). The number of Topliss-reactive ketones (excluding diaryl/α,β-unsaturated/α-hetero) is 1. The molecule has 0 radical (unpaired) electrons. The zero-order chi connectivity index (χ0) is 26.8. The predicted molar refractivity (Wildman–Crippen MR) is 123 cm³/mol. The van der Waals surface area contributed by atoms with Crippen LogP contribution in [0.1, 0.15) is 66.9 Å². The number of carboxylic acids is 1. The van der Waals surface area contributed by atoms with Crippen molar-refractivity contribution in [3.8, 4) is 5.75 Å². The second kappa shape index (κ2) is 10.5. The van der Waals surface area contributed by atoms with E-state index < -0.39 is 29.0 Å². The SMILES string of the molecule is C[C@H](O)C(=O)O.NC(=O)c1ccc2c(c1O)[C@]13CCN(CC4CC4)[C@H](C2)[C@]1(O)CCC(=O)C3.O=C=O. The van der Waals surface area contributed by atoms with Gasteiger partial charge in [0.2, 0.25) is 0 Å². The Morgan fingerprint density at radius 3 is 2.39 bits per heavy atom. The Balaban J connectivity index is 0.000000349. The van der Waals surface area contributed by atoms with Gasteiger partial charge < -0.3 is 26.2 Å². The van der Waals surface area contributed by atoms with E-state index in [9.17, 15) is 24.6 Å². The Labute approximate surface area is 207 Å². The molecule has 36 heavy (non-hydrogen) atoms. The van der Waals surface area contributed by atoms with Gasteiger partial charge in [0.15, 0.2) is 0 Å². The third kappa shape index (κ3) is 4.92. The first-order valence-corrected chi connectivity index (χ1v) is 11.9. The average Bonchev–Trinajstić information content (AvgIpc) is 3.61. The Morgan fingerprint density at radius 1 is 1.25 bits per heavy atom. The lowest BCUT2D eigenvalue weighted by atomic mass is 9.49. The van der Waals surface area contributed by atoms with Gasteiger partial charge in [-0.1, -0.05) is 6.07 Å². The first kappa shape index (κ1) is 27.5. The number of hydrogen-bond donors (Lipinski definition) is 5. The molecule has 11 heteroatoms. The van der Waals surface area contributed by atoms with E-state index in [1.54, 1.807) is 6.07 Å². The van der Waals surface area contributed by atoms with Gasteiger partial charge >= 0.3 is 12.1 Å². The maximum Gasteiger partial charge on any atom is 0.373 e. The van der Waals surface area contributed by atoms with E-state index in [1.165, 1.54) is 19.8 Å². The summed E-state index contributed by atoms with van der Waals surface area (Å²) in [5.41, 5.74) is 5.16. The zero-order valence-corrected chi connectivity index (χ0v) is 20.1. The van der Waals surface area contributed by atoms with Crippen molar-refractivity contribution in [2.24, 2.45) is 11.7 Å². The van der Waals surface area contributed by atoms with Gasteiger partial charge in [-0.25, -0.2) is 4.79 Å². The summed E-state index contributed by atoms with van der Waals surface area (Å²) in [5.74, 6) is -1.17. The summed E-state index contributed by atoms with van der Waals surface area (Å²) < 4.78 is 0. The number of ketones is 1. The number of carboxylic acid groups (broad SMARTS) is 1. The van der Waals surface area contributed by atoms with Crippen LogP contribution >= 0.6 is 0 Å². The normalized spacial score (nSPS) is 29.1. The first-order valence-electron chi connectivity index (χ1n) is 11.9. The van der Waals surface area contributed by atoms with Crippen molar-refractivity contribution in [3.05, 3.63) is 28.8 Å². The van der Waals surface area contributed by atoms with E-state index in [2.05, 4.69) is 4.90 Å². The molecule has 6 N–H and O–H groups in total. The number of fused-ring (bicyclic) bond motifs is 1. The van der Waals surface area contributed by atoms with Crippen LogP contribution in [-0.2, 0) is 31.0 Å². The van der Waals surface area contributed by atoms with Crippen molar-refractivity contribution in [2.75, 3.05) is 13.1 Å². The van der Waals surface area contributed by atoms with Crippen molar-refractivity contribution in [1.82, 2.24) is 4.90 Å². The molecule has 11 nitrogen and oxygen atoms in total. The number of benzene rings is 1. The van der Waals surface area contributed by atoms with E-state index >= 15 is 0 Å². The molecule has 1 aromatic carbocycles. The lowest BCUT2D eigenvalue weighted by molar-refractivity contribution is -0.191. The molecule has 1 aliphatic heterocycles. The highest BCUT2D eigenvalue weighted by Gasteiger charge is 2.65. The van der Waals surface area contributed by atoms with Crippen molar-refractivity contribution >= 4 is 23.8 Å². The van der Waals surface area contributed by atoms with Gasteiger partial charge in [-0.15, -0.1) is 0 Å². The molecule has 196 valence electrons. The number of carbonyl (C=O) groups excluding carboxylic acids is 4. The number of aliphatic hydroxyl groups is 2. The Bertz CT molecular complexity index is 1080. The van der Waals surface area contributed by atoms with Gasteiger partial charge in [0, 0.05) is 36.4 Å². The summed E-state index contributed by atoms with van der Waals surface area (Å²) in [7, 11) is 0. The van der Waals surface area contributed by atoms with Crippen LogP contribution in [0.5, 0.6) is 5.75 Å². The molecule has 1 aromatic rings. The smallest absolute Gasteiger partial charge is 0.373 e. The summed E-state index contributed by atoms with van der Waals surface area (Å²) in [5, 5.41) is 38.7. The van der Waals surface area contributed by atoms with Gasteiger partial charge in [0.05, 0.1) is 11.2 Å². The molecule has 2 saturated carbocycles. The summed E-state index contributed by atoms with van der Waals surface area (Å²) >= 11 is 0. The summed E-state index contributed by atoms with van der Waals surface area (Å²) in [4.78, 5) is 52.4. The highest BCUT2D eigenvalue weighted by molar-refractivity contribution is 5.96. The highest BCUT2D eigenvalue weighted by Crippen LogP contribution is 2.60. The van der Waals surface area contributed by atoms with Gasteiger partial charge in [-0.2, -0.15) is 9.59 Å². The van der Waals surface area contributed by atoms with Gasteiger partial charge in [0.25, 0.3) is 5.91 Å². The van der Waals surface area contributed by atoms with Crippen LogP contribution < -0.4 is 5.73 Å². The molecule has 0 aromatic heterocycles. The molecule has 0 spiro atoms. The fourth-order valence-corrected chi connectivity index (χ4v) is 6.05. The fourth-order valence-electron chi connectivity index (χ4n) is 6.05. The summed E-state index contributed by atoms with van der Waals surface area (Å²) in [6, 6.07) is 3.37. The number of aliphatic carboxylic acids is 1. The van der Waals surface area contributed by atoms with Crippen LogP contribution in [0.4, 0.5) is 0 Å². The van der Waals surface area contributed by atoms with Crippen LogP contribution in [0.3, 0.4) is 0 Å². The number of rotatable bonds is 4. The minimum Gasteiger partial charge on any atom is -0.507 e. The quantitative estimate of drug-likeness (QED) is 0.376. The van der Waals surface area contributed by atoms with Crippen molar-refractivity contribution in [2.45, 2.75) is 75.0 Å². The first-order chi connectivity index (χ1) is 16.9. The fraction of sp³-hybridized carbons (Fsp3) is 0.600. The number of hydrogen-bond acceptors (Lipinski definition) is 9. The summed E-state index contributed by atoms with van der Waals surface area (Å²) in [6.07, 6.45) is 3.78. The van der Waals surface area contributed by atoms with Gasteiger partial charge in [-0.05, 0) is 63.1 Å². The number of piperidine rings is 1. The molecule has 4 aliphatic rings. The third-order valence-electron chi connectivity index (χ3n) is 7.90. The minimum absolute atomic E-state index is 0.0497. The molecule has 1 saturated heterocycles. The van der Waals surface area contributed by atoms with E-state index in [4.69, 9.17) is 25.5 Å². The molecule has 2 bridgehead atoms. The standard InChI is InChI=1S/C21H26N2O4.C3H6O3.CO2/c22-19(26)15-4-3-13-9-16-21(27)6-5-14(24)10-20(21,17(13)18(15)25)7-8-23(16)11-12-1-2-12;1-2(4)3(5)6;2-1-3/h3-4,12,16,25,27H,1-2,5-11H2,(H2,22,26);2,4H,1H3,(H,5,6);/t16-,20-,21-;2-;/m10./s1. The monoisotopic (exact) mass is 504 g/mol. The van der Waals surface area contributed by atoms with E-state index in [1.807, 2.05) is 6.07 Å². The number of nitrogens with zero attached hydrogens (tertiary/aromatic N) is 1. The number of nitrogens with two attached hydrogens (primary N) is 1. The average molecular weight is 505 g/mol. The molecule has 3 aliphatic carbocycles. The Kier molecular flexibility index (Phi) is 8.00. The topological polar surface area (TPSA) is 196 Å². The second-order valence-electron chi connectivity index (χ2n) is 10.1. The van der Waals surface area contributed by atoms with E-state index in [-0.39, 0.29) is 35.7 Å².